The molecule has 0 aliphatic carbocycles. The highest BCUT2D eigenvalue weighted by Crippen LogP contribution is 2.27. The maximum atomic E-state index is 13.2. The summed E-state index contributed by atoms with van der Waals surface area (Å²) in [6.07, 6.45) is 3.18. The van der Waals surface area contributed by atoms with Crippen molar-refractivity contribution >= 4 is 11.6 Å². The summed E-state index contributed by atoms with van der Waals surface area (Å²) in [5, 5.41) is 2.75. The van der Waals surface area contributed by atoms with Gasteiger partial charge in [0.2, 0.25) is 0 Å². The summed E-state index contributed by atoms with van der Waals surface area (Å²) in [6.45, 7) is 1.07. The number of carbonyl (C=O) groups is 1. The van der Waals surface area contributed by atoms with Gasteiger partial charge in [-0.15, -0.1) is 0 Å². The largest absolute Gasteiger partial charge is 0.489 e. The molecular weight excluding hydrogens is 350 g/mol. The normalized spacial score (nSPS) is 11.1. The van der Waals surface area contributed by atoms with Gasteiger partial charge in [-0.05, 0) is 35.9 Å². The molecule has 3 rings (SSSR count). The molecule has 0 aliphatic heterocycles. The molecule has 4 nitrogen and oxygen atoms in total. The van der Waals surface area contributed by atoms with Crippen LogP contribution in [0, 0.1) is 0 Å². The summed E-state index contributed by atoms with van der Waals surface area (Å²) >= 11 is 0. The fourth-order valence-corrected chi connectivity index (χ4v) is 2.43. The summed E-state index contributed by atoms with van der Waals surface area (Å²) in [6, 6.07) is 16.2. The third-order valence-electron chi connectivity index (χ3n) is 3.88. The van der Waals surface area contributed by atoms with Gasteiger partial charge in [0.05, 0.1) is 11.9 Å². The predicted octanol–water partition coefficient (Wildman–Crippen LogP) is 5.02. The van der Waals surface area contributed by atoms with Crippen molar-refractivity contribution in [1.29, 1.82) is 0 Å². The predicted molar refractivity (Wildman–Crippen MR) is 99.0 cm³/mol. The van der Waals surface area contributed by atoms with E-state index in [9.17, 15) is 13.6 Å². The van der Waals surface area contributed by atoms with Crippen LogP contribution in [0.2, 0.25) is 0 Å². The van der Waals surface area contributed by atoms with Crippen LogP contribution in [0.5, 0.6) is 5.75 Å². The van der Waals surface area contributed by atoms with E-state index in [1.54, 1.807) is 60.9 Å². The second-order valence-corrected chi connectivity index (χ2v) is 6.10. The molecule has 2 aromatic carbocycles. The number of aromatic nitrogens is 1. The first-order valence-corrected chi connectivity index (χ1v) is 8.33. The summed E-state index contributed by atoms with van der Waals surface area (Å²) in [5.41, 5.74) is 1.76. The maximum absolute atomic E-state index is 13.2. The Hall–Kier alpha value is -3.28. The topological polar surface area (TPSA) is 51.2 Å². The number of carbonyl (C=O) groups excluding carboxylic acids is 1. The molecule has 1 aromatic heterocycles. The Labute approximate surface area is 155 Å². The van der Waals surface area contributed by atoms with Crippen molar-refractivity contribution in [3.8, 4) is 5.75 Å². The molecule has 3 aromatic rings. The van der Waals surface area contributed by atoms with Crippen LogP contribution in [0.1, 0.15) is 28.4 Å². The average Bonchev–Trinajstić information content (AvgIpc) is 2.67. The number of amides is 1. The Balaban J connectivity index is 1.63. The van der Waals surface area contributed by atoms with E-state index in [1.165, 1.54) is 12.1 Å². The van der Waals surface area contributed by atoms with Crippen LogP contribution in [-0.4, -0.2) is 10.9 Å². The fraction of sp³-hybridized carbons (Fsp3) is 0.143. The van der Waals surface area contributed by atoms with Crippen molar-refractivity contribution in [3.05, 3.63) is 89.7 Å². The first-order valence-electron chi connectivity index (χ1n) is 8.33. The van der Waals surface area contributed by atoms with Gasteiger partial charge in [-0.3, -0.25) is 9.78 Å². The lowest BCUT2D eigenvalue weighted by Gasteiger charge is -2.12. The molecule has 138 valence electrons. The average molecular weight is 368 g/mol. The zero-order chi connectivity index (χ0) is 19.3. The second-order valence-electron chi connectivity index (χ2n) is 6.10. The monoisotopic (exact) mass is 368 g/mol. The number of nitrogens with zero attached hydrogens (tertiary/aromatic N) is 1. The molecule has 0 aliphatic rings. The Bertz CT molecular complexity index is 907. The Morgan fingerprint density at radius 1 is 1.11 bits per heavy atom. The molecule has 0 saturated heterocycles. The molecule has 1 heterocycles. The zero-order valence-electron chi connectivity index (χ0n) is 14.7. The number of halogens is 2. The molecule has 6 heteroatoms. The number of benzene rings is 2. The molecular formula is C21H18F2N2O2. The summed E-state index contributed by atoms with van der Waals surface area (Å²) in [5.74, 6) is -2.63. The second kappa shape index (κ2) is 7.95. The van der Waals surface area contributed by atoms with Gasteiger partial charge in [-0.2, -0.15) is 0 Å². The van der Waals surface area contributed by atoms with Gasteiger partial charge in [0.15, 0.2) is 0 Å². The number of rotatable bonds is 6. The minimum absolute atomic E-state index is 0.0414. The lowest BCUT2D eigenvalue weighted by molar-refractivity contribution is 0.0174. The molecule has 0 unspecified atom stereocenters. The van der Waals surface area contributed by atoms with E-state index in [1.807, 2.05) is 0 Å². The van der Waals surface area contributed by atoms with Crippen molar-refractivity contribution in [2.75, 3.05) is 5.32 Å². The first-order chi connectivity index (χ1) is 12.9. The van der Waals surface area contributed by atoms with E-state index in [4.69, 9.17) is 4.74 Å². The number of alkyl halides is 2. The van der Waals surface area contributed by atoms with Crippen LogP contribution in [-0.2, 0) is 12.5 Å². The van der Waals surface area contributed by atoms with Crippen molar-refractivity contribution in [1.82, 2.24) is 4.98 Å². The summed E-state index contributed by atoms with van der Waals surface area (Å²) < 4.78 is 32.2. The van der Waals surface area contributed by atoms with Crippen LogP contribution >= 0.6 is 0 Å². The van der Waals surface area contributed by atoms with Crippen LogP contribution in [0.15, 0.2) is 73.1 Å². The maximum Gasteiger partial charge on any atom is 0.270 e. The molecule has 0 saturated carbocycles. The quantitative estimate of drug-likeness (QED) is 0.664. The first kappa shape index (κ1) is 18.5. The number of ether oxygens (including phenoxy) is 1. The summed E-state index contributed by atoms with van der Waals surface area (Å²) in [4.78, 5) is 16.3. The van der Waals surface area contributed by atoms with Gasteiger partial charge < -0.3 is 10.1 Å². The van der Waals surface area contributed by atoms with Crippen LogP contribution in [0.25, 0.3) is 0 Å². The van der Waals surface area contributed by atoms with E-state index in [2.05, 4.69) is 10.3 Å². The fourth-order valence-electron chi connectivity index (χ4n) is 2.43. The van der Waals surface area contributed by atoms with Gasteiger partial charge in [0.25, 0.3) is 11.8 Å². The molecule has 0 radical (unpaired) electrons. The van der Waals surface area contributed by atoms with Gasteiger partial charge in [0, 0.05) is 24.2 Å². The van der Waals surface area contributed by atoms with Crippen molar-refractivity contribution in [3.63, 3.8) is 0 Å². The third kappa shape index (κ3) is 5.10. The lowest BCUT2D eigenvalue weighted by Crippen LogP contribution is -2.12. The Morgan fingerprint density at radius 2 is 1.89 bits per heavy atom. The molecule has 0 spiro atoms. The third-order valence-corrected chi connectivity index (χ3v) is 3.88. The molecule has 0 fully saturated rings. The van der Waals surface area contributed by atoms with E-state index in [0.29, 0.717) is 17.0 Å². The number of pyridine rings is 1. The van der Waals surface area contributed by atoms with Gasteiger partial charge in [-0.25, -0.2) is 8.78 Å². The number of hydrogen-bond donors (Lipinski definition) is 1. The van der Waals surface area contributed by atoms with E-state index >= 15 is 0 Å². The molecule has 27 heavy (non-hydrogen) atoms. The molecule has 0 atom stereocenters. The zero-order valence-corrected chi connectivity index (χ0v) is 14.7. The highest BCUT2D eigenvalue weighted by molar-refractivity contribution is 6.04. The van der Waals surface area contributed by atoms with Crippen molar-refractivity contribution < 1.29 is 18.3 Å². The molecule has 0 bridgehead atoms. The minimum Gasteiger partial charge on any atom is -0.489 e. The standard InChI is InChI=1S/C21H18F2N2O2/c1-21(22,23)17-9-7-15(8-10-17)14-27-19-6-2-4-16(12-19)20(26)25-18-5-3-11-24-13-18/h2-13H,14H2,1H3,(H,25,26). The van der Waals surface area contributed by atoms with Gasteiger partial charge in [-0.1, -0.05) is 30.3 Å². The minimum atomic E-state index is -2.87. The molecule has 1 amide bonds. The number of hydrogen-bond acceptors (Lipinski definition) is 3. The van der Waals surface area contributed by atoms with Crippen molar-refractivity contribution in [2.24, 2.45) is 0 Å². The Kier molecular flexibility index (Phi) is 5.45. The SMILES string of the molecule is CC(F)(F)c1ccc(COc2cccc(C(=O)Nc3cccnc3)c2)cc1. The van der Waals surface area contributed by atoms with Gasteiger partial charge in [0.1, 0.15) is 12.4 Å². The van der Waals surface area contributed by atoms with Gasteiger partial charge >= 0.3 is 0 Å². The van der Waals surface area contributed by atoms with E-state index < -0.39 is 5.92 Å². The smallest absolute Gasteiger partial charge is 0.270 e. The lowest BCUT2D eigenvalue weighted by atomic mass is 10.1. The molecule has 1 N–H and O–H groups in total. The highest BCUT2D eigenvalue weighted by atomic mass is 19.3. The number of nitrogens with one attached hydrogen (secondary N) is 1. The highest BCUT2D eigenvalue weighted by Gasteiger charge is 2.23. The Morgan fingerprint density at radius 3 is 2.56 bits per heavy atom. The van der Waals surface area contributed by atoms with E-state index in [0.717, 1.165) is 12.5 Å². The van der Waals surface area contributed by atoms with Crippen LogP contribution < -0.4 is 10.1 Å². The van der Waals surface area contributed by atoms with Crippen LogP contribution in [0.4, 0.5) is 14.5 Å². The number of anilines is 1. The summed E-state index contributed by atoms with van der Waals surface area (Å²) in [7, 11) is 0. The van der Waals surface area contributed by atoms with E-state index in [-0.39, 0.29) is 18.1 Å². The van der Waals surface area contributed by atoms with Crippen LogP contribution in [0.3, 0.4) is 0 Å². The van der Waals surface area contributed by atoms with Crippen molar-refractivity contribution in [2.45, 2.75) is 19.5 Å².